The molecule has 7 heteroatoms. The normalized spacial score (nSPS) is 10.9. The fraction of sp³-hybridized carbons (Fsp3) is 0.0870. The molecule has 0 amide bonds. The first-order chi connectivity index (χ1) is 14.5. The van der Waals surface area contributed by atoms with Crippen molar-refractivity contribution in [2.75, 3.05) is 5.75 Å². The van der Waals surface area contributed by atoms with E-state index in [0.717, 1.165) is 21.3 Å². The van der Waals surface area contributed by atoms with Crippen LogP contribution in [0.3, 0.4) is 0 Å². The first-order valence-corrected chi connectivity index (χ1v) is 11.4. The molecule has 0 fully saturated rings. The summed E-state index contributed by atoms with van der Waals surface area (Å²) in [6.07, 6.45) is 0. The lowest BCUT2D eigenvalue weighted by atomic mass is 10.2. The molecule has 1 heterocycles. The molecule has 30 heavy (non-hydrogen) atoms. The summed E-state index contributed by atoms with van der Waals surface area (Å²) in [7, 11) is 0. The Morgan fingerprint density at radius 1 is 1.03 bits per heavy atom. The van der Waals surface area contributed by atoms with Gasteiger partial charge >= 0.3 is 0 Å². The zero-order valence-electron chi connectivity index (χ0n) is 16.0. The molecule has 0 aliphatic heterocycles. The number of nitrogens with zero attached hydrogens (tertiary/aromatic N) is 3. The number of carbonyl (C=O) groups is 1. The third kappa shape index (κ3) is 4.67. The van der Waals surface area contributed by atoms with Gasteiger partial charge in [0.25, 0.3) is 0 Å². The molecule has 1 aromatic heterocycles. The van der Waals surface area contributed by atoms with Crippen molar-refractivity contribution in [3.8, 4) is 17.1 Å². The third-order valence-corrected chi connectivity index (χ3v) is 6.20. The Hall–Kier alpha value is -2.41. The van der Waals surface area contributed by atoms with E-state index < -0.39 is 0 Å². The summed E-state index contributed by atoms with van der Waals surface area (Å²) in [5.74, 6) is 1.02. The summed E-state index contributed by atoms with van der Waals surface area (Å²) in [4.78, 5) is 12.6. The lowest BCUT2D eigenvalue weighted by Crippen LogP contribution is -2.05. The zero-order valence-corrected chi connectivity index (χ0v) is 19.2. The van der Waals surface area contributed by atoms with Crippen LogP contribution in [-0.4, -0.2) is 26.3 Å². The number of hydrogen-bond acceptors (Lipinski definition) is 4. The van der Waals surface area contributed by atoms with E-state index in [4.69, 9.17) is 11.6 Å². The van der Waals surface area contributed by atoms with E-state index in [1.807, 2.05) is 78.2 Å². The highest BCUT2D eigenvalue weighted by Gasteiger charge is 2.18. The molecule has 0 unspecified atom stereocenters. The van der Waals surface area contributed by atoms with Crippen molar-refractivity contribution in [1.82, 2.24) is 14.8 Å². The highest BCUT2D eigenvalue weighted by atomic mass is 79.9. The predicted molar refractivity (Wildman–Crippen MR) is 126 cm³/mol. The van der Waals surface area contributed by atoms with Gasteiger partial charge in [0, 0.05) is 26.3 Å². The maximum absolute atomic E-state index is 12.6. The minimum atomic E-state index is 0.0411. The average Bonchev–Trinajstić information content (AvgIpc) is 3.17. The van der Waals surface area contributed by atoms with Crippen molar-refractivity contribution < 1.29 is 4.79 Å². The number of halogens is 2. The van der Waals surface area contributed by atoms with Crippen molar-refractivity contribution >= 4 is 45.1 Å². The number of ketones is 1. The first-order valence-electron chi connectivity index (χ1n) is 9.21. The second kappa shape index (κ2) is 9.16. The Morgan fingerprint density at radius 3 is 2.47 bits per heavy atom. The van der Waals surface area contributed by atoms with Crippen molar-refractivity contribution in [3.05, 3.63) is 93.4 Å². The molecule has 4 rings (SSSR count). The van der Waals surface area contributed by atoms with Crippen LogP contribution >= 0.6 is 39.3 Å². The standard InChI is InChI=1S/C23H17BrClN3OS/c1-15-3-2-4-20(13-15)28-22(17-7-11-19(25)12-8-17)26-27-23(28)30-14-21(29)16-5-9-18(24)10-6-16/h2-13H,14H2,1H3. The third-order valence-electron chi connectivity index (χ3n) is 4.49. The average molecular weight is 499 g/mol. The largest absolute Gasteiger partial charge is 0.293 e. The Kier molecular flexibility index (Phi) is 6.37. The molecule has 3 aromatic carbocycles. The number of benzene rings is 3. The van der Waals surface area contributed by atoms with Gasteiger partial charge in [0.1, 0.15) is 0 Å². The lowest BCUT2D eigenvalue weighted by Gasteiger charge is -2.11. The summed E-state index contributed by atoms with van der Waals surface area (Å²) in [5.41, 5.74) is 3.65. The summed E-state index contributed by atoms with van der Waals surface area (Å²) in [6.45, 7) is 2.04. The second-order valence-electron chi connectivity index (χ2n) is 6.71. The minimum Gasteiger partial charge on any atom is -0.293 e. The molecule has 0 atom stereocenters. The van der Waals surface area contributed by atoms with Crippen LogP contribution in [0.2, 0.25) is 5.02 Å². The lowest BCUT2D eigenvalue weighted by molar-refractivity contribution is 0.102. The van der Waals surface area contributed by atoms with Crippen LogP contribution < -0.4 is 0 Å². The van der Waals surface area contributed by atoms with E-state index in [1.54, 1.807) is 0 Å². The van der Waals surface area contributed by atoms with Crippen LogP contribution in [0.1, 0.15) is 15.9 Å². The number of thioether (sulfide) groups is 1. The number of carbonyl (C=O) groups excluding carboxylic acids is 1. The highest BCUT2D eigenvalue weighted by Crippen LogP contribution is 2.29. The van der Waals surface area contributed by atoms with Gasteiger partial charge in [-0.25, -0.2) is 0 Å². The number of aromatic nitrogens is 3. The quantitative estimate of drug-likeness (QED) is 0.221. The molecule has 0 radical (unpaired) electrons. The van der Waals surface area contributed by atoms with Crippen molar-refractivity contribution in [2.24, 2.45) is 0 Å². The molecule has 0 saturated heterocycles. The van der Waals surface area contributed by atoms with Crippen LogP contribution in [0.4, 0.5) is 0 Å². The Labute approximate surface area is 192 Å². The topological polar surface area (TPSA) is 47.8 Å². The molecule has 0 saturated carbocycles. The second-order valence-corrected chi connectivity index (χ2v) is 9.00. The fourth-order valence-electron chi connectivity index (χ4n) is 3.00. The summed E-state index contributed by atoms with van der Waals surface area (Å²) < 4.78 is 2.92. The highest BCUT2D eigenvalue weighted by molar-refractivity contribution is 9.10. The molecule has 4 nitrogen and oxygen atoms in total. The molecule has 0 aliphatic carbocycles. The van der Waals surface area contributed by atoms with E-state index >= 15 is 0 Å². The van der Waals surface area contributed by atoms with E-state index in [1.165, 1.54) is 11.8 Å². The van der Waals surface area contributed by atoms with Crippen LogP contribution in [0.5, 0.6) is 0 Å². The van der Waals surface area contributed by atoms with Crippen LogP contribution in [0, 0.1) is 6.92 Å². The van der Waals surface area contributed by atoms with Gasteiger partial charge < -0.3 is 0 Å². The Bertz CT molecular complexity index is 1190. The number of Topliss-reactive ketones (excluding diaryl/α,β-unsaturated/α-hetero) is 1. The van der Waals surface area contributed by atoms with E-state index in [2.05, 4.69) is 32.2 Å². The van der Waals surface area contributed by atoms with Gasteiger partial charge in [-0.05, 0) is 61.0 Å². The van der Waals surface area contributed by atoms with Gasteiger partial charge in [-0.2, -0.15) is 0 Å². The van der Waals surface area contributed by atoms with Crippen LogP contribution in [0.25, 0.3) is 17.1 Å². The van der Waals surface area contributed by atoms with E-state index in [9.17, 15) is 4.79 Å². The molecule has 0 N–H and O–H groups in total. The SMILES string of the molecule is Cc1cccc(-n2c(SCC(=O)c3ccc(Br)cc3)nnc2-c2ccc(Cl)cc2)c1. The van der Waals surface area contributed by atoms with Crippen molar-refractivity contribution in [1.29, 1.82) is 0 Å². The number of hydrogen-bond donors (Lipinski definition) is 0. The summed E-state index contributed by atoms with van der Waals surface area (Å²) >= 11 is 10.8. The van der Waals surface area contributed by atoms with Gasteiger partial charge in [0.2, 0.25) is 0 Å². The molecule has 4 aromatic rings. The van der Waals surface area contributed by atoms with E-state index in [0.29, 0.717) is 21.6 Å². The summed E-state index contributed by atoms with van der Waals surface area (Å²) in [5, 5.41) is 10.1. The van der Waals surface area contributed by atoms with Crippen molar-refractivity contribution in [2.45, 2.75) is 12.1 Å². The minimum absolute atomic E-state index is 0.0411. The Morgan fingerprint density at radius 2 is 1.77 bits per heavy atom. The molecular weight excluding hydrogens is 482 g/mol. The van der Waals surface area contributed by atoms with E-state index in [-0.39, 0.29) is 11.5 Å². The van der Waals surface area contributed by atoms with Gasteiger partial charge in [-0.1, -0.05) is 63.6 Å². The van der Waals surface area contributed by atoms with Crippen molar-refractivity contribution in [3.63, 3.8) is 0 Å². The predicted octanol–water partition coefficient (Wildman–Crippen LogP) is 6.63. The first kappa shape index (κ1) is 20.8. The molecular formula is C23H17BrClN3OS. The fourth-order valence-corrected chi connectivity index (χ4v) is 4.24. The van der Waals surface area contributed by atoms with Crippen LogP contribution in [0.15, 0.2) is 82.4 Å². The van der Waals surface area contributed by atoms with Gasteiger partial charge in [-0.3, -0.25) is 9.36 Å². The molecule has 0 spiro atoms. The molecule has 150 valence electrons. The molecule has 0 aliphatic rings. The zero-order chi connectivity index (χ0) is 21.1. The monoisotopic (exact) mass is 497 g/mol. The number of rotatable bonds is 6. The molecule has 0 bridgehead atoms. The van der Waals surface area contributed by atoms with Crippen LogP contribution in [-0.2, 0) is 0 Å². The maximum Gasteiger partial charge on any atom is 0.196 e. The van der Waals surface area contributed by atoms with Gasteiger partial charge in [0.05, 0.1) is 5.75 Å². The van der Waals surface area contributed by atoms with Gasteiger partial charge in [0.15, 0.2) is 16.8 Å². The number of aryl methyl sites for hydroxylation is 1. The smallest absolute Gasteiger partial charge is 0.196 e. The summed E-state index contributed by atoms with van der Waals surface area (Å²) in [6, 6.07) is 23.0. The maximum atomic E-state index is 12.6. The Balaban J connectivity index is 1.68. The van der Waals surface area contributed by atoms with Gasteiger partial charge in [-0.15, -0.1) is 10.2 Å².